The number of hydrogen-bond acceptors (Lipinski definition) is 8. The molecule has 0 aromatic rings. The van der Waals surface area contributed by atoms with Crippen molar-refractivity contribution in [2.75, 3.05) is 40.1 Å². The van der Waals surface area contributed by atoms with E-state index in [1.54, 1.807) is 7.05 Å². The van der Waals surface area contributed by atoms with Crippen LogP contribution < -0.4 is 5.32 Å². The third kappa shape index (κ3) is 10.9. The first-order valence-electron chi connectivity index (χ1n) is 6.08. The Morgan fingerprint density at radius 3 is 2.30 bits per heavy atom. The van der Waals surface area contributed by atoms with Gasteiger partial charge >= 0.3 is 19.5 Å². The summed E-state index contributed by atoms with van der Waals surface area (Å²) < 4.78 is 31.7. The molecule has 2 unspecified atom stereocenters. The number of esters is 2. The van der Waals surface area contributed by atoms with Crippen molar-refractivity contribution in [2.24, 2.45) is 0 Å². The second-order valence-electron chi connectivity index (χ2n) is 4.04. The summed E-state index contributed by atoms with van der Waals surface area (Å²) in [6.07, 6.45) is -0.822. The highest BCUT2D eigenvalue weighted by atomic mass is 31.2. The van der Waals surface area contributed by atoms with Crippen molar-refractivity contribution in [3.8, 4) is 0 Å². The van der Waals surface area contributed by atoms with Gasteiger partial charge in [-0.2, -0.15) is 0 Å². The molecule has 0 fully saturated rings. The van der Waals surface area contributed by atoms with Crippen LogP contribution in [0.5, 0.6) is 0 Å². The van der Waals surface area contributed by atoms with Gasteiger partial charge in [-0.15, -0.1) is 0 Å². The molecule has 0 aliphatic rings. The molecule has 0 amide bonds. The zero-order chi connectivity index (χ0) is 15.6. The Labute approximate surface area is 118 Å². The molecule has 0 saturated carbocycles. The van der Waals surface area contributed by atoms with Gasteiger partial charge in [0.2, 0.25) is 0 Å². The fourth-order valence-electron chi connectivity index (χ4n) is 1.13. The van der Waals surface area contributed by atoms with Gasteiger partial charge in [0.05, 0.1) is 13.2 Å². The summed E-state index contributed by atoms with van der Waals surface area (Å²) in [6.45, 7) is 4.19. The first-order valence-corrected chi connectivity index (χ1v) is 8.07. The molecular weight excluding hydrogens is 289 g/mol. The first-order chi connectivity index (χ1) is 9.26. The van der Waals surface area contributed by atoms with E-state index in [0.717, 1.165) is 0 Å². The summed E-state index contributed by atoms with van der Waals surface area (Å²) in [7, 11) is -1.50. The average molecular weight is 311 g/mol. The molecule has 8 nitrogen and oxygen atoms in total. The van der Waals surface area contributed by atoms with Crippen molar-refractivity contribution in [3.05, 3.63) is 0 Å². The minimum atomic E-state index is -3.24. The summed E-state index contributed by atoms with van der Waals surface area (Å²) in [6, 6.07) is 0. The molecule has 0 aromatic carbocycles. The van der Waals surface area contributed by atoms with E-state index in [9.17, 15) is 14.2 Å². The maximum atomic E-state index is 11.9. The minimum Gasteiger partial charge on any atom is -0.462 e. The maximum Gasteiger partial charge on any atom is 0.327 e. The molecule has 118 valence electrons. The molecule has 0 aliphatic heterocycles. The quantitative estimate of drug-likeness (QED) is 0.355. The number of rotatable bonds is 10. The van der Waals surface area contributed by atoms with Gasteiger partial charge in [0.25, 0.3) is 0 Å². The number of ether oxygens (including phenoxy) is 2. The molecule has 9 heteroatoms. The Kier molecular flexibility index (Phi) is 9.41. The highest BCUT2D eigenvalue weighted by Crippen LogP contribution is 2.43. The monoisotopic (exact) mass is 311 g/mol. The molecule has 0 heterocycles. The van der Waals surface area contributed by atoms with E-state index in [2.05, 4.69) is 5.32 Å². The van der Waals surface area contributed by atoms with Crippen LogP contribution in [-0.4, -0.2) is 58.1 Å². The molecular formula is C11H22NO7P. The minimum absolute atomic E-state index is 0.161. The summed E-state index contributed by atoms with van der Waals surface area (Å²) in [4.78, 5) is 21.6. The smallest absolute Gasteiger partial charge is 0.327 e. The van der Waals surface area contributed by atoms with Gasteiger partial charge in [0.15, 0.2) is 6.10 Å². The van der Waals surface area contributed by atoms with Crippen molar-refractivity contribution in [1.29, 1.82) is 0 Å². The van der Waals surface area contributed by atoms with Crippen LogP contribution >= 0.6 is 7.60 Å². The van der Waals surface area contributed by atoms with E-state index < -0.39 is 25.6 Å². The molecule has 20 heavy (non-hydrogen) atoms. The lowest BCUT2D eigenvalue weighted by Gasteiger charge is -2.19. The zero-order valence-corrected chi connectivity index (χ0v) is 13.1. The van der Waals surface area contributed by atoms with Gasteiger partial charge in [-0.3, -0.25) is 14.2 Å². The Bertz CT molecular complexity index is 361. The Morgan fingerprint density at radius 1 is 1.15 bits per heavy atom. The van der Waals surface area contributed by atoms with Crippen LogP contribution in [0.3, 0.4) is 0 Å². The topological polar surface area (TPSA) is 100 Å². The lowest BCUT2D eigenvalue weighted by molar-refractivity contribution is -0.158. The lowest BCUT2D eigenvalue weighted by atomic mass is 10.4. The average Bonchev–Trinajstić information content (AvgIpc) is 2.32. The fraction of sp³-hybridized carbons (Fsp3) is 0.818. The molecule has 0 rings (SSSR count). The molecule has 0 bridgehead atoms. The van der Waals surface area contributed by atoms with E-state index in [-0.39, 0.29) is 19.8 Å². The largest absolute Gasteiger partial charge is 0.462 e. The molecule has 1 N–H and O–H groups in total. The van der Waals surface area contributed by atoms with Crippen molar-refractivity contribution in [3.63, 3.8) is 0 Å². The van der Waals surface area contributed by atoms with Gasteiger partial charge in [0, 0.05) is 27.1 Å². The maximum absolute atomic E-state index is 11.9. The lowest BCUT2D eigenvalue weighted by Crippen LogP contribution is -2.28. The van der Waals surface area contributed by atoms with Gasteiger partial charge in [-0.1, -0.05) is 0 Å². The van der Waals surface area contributed by atoms with Crippen molar-refractivity contribution in [1.82, 2.24) is 5.32 Å². The predicted molar refractivity (Wildman–Crippen MR) is 71.5 cm³/mol. The molecule has 0 radical (unpaired) electrons. The van der Waals surface area contributed by atoms with Crippen LogP contribution in [0.25, 0.3) is 0 Å². The van der Waals surface area contributed by atoms with Crippen LogP contribution in [-0.2, 0) is 32.7 Å². The third-order valence-electron chi connectivity index (χ3n) is 1.98. The van der Waals surface area contributed by atoms with E-state index in [1.807, 2.05) is 0 Å². The summed E-state index contributed by atoms with van der Waals surface area (Å²) in [5, 5.41) is 2.84. The SMILES string of the molecule is CNCCOP(C)(=O)OCC(COC(C)=O)OC(C)=O. The Hall–Kier alpha value is -0.950. The summed E-state index contributed by atoms with van der Waals surface area (Å²) in [5.74, 6) is -1.06. The molecule has 0 saturated heterocycles. The van der Waals surface area contributed by atoms with Crippen LogP contribution in [0, 0.1) is 0 Å². The number of carbonyl (C=O) groups is 2. The highest BCUT2D eigenvalue weighted by molar-refractivity contribution is 7.52. The van der Waals surface area contributed by atoms with E-state index >= 15 is 0 Å². The van der Waals surface area contributed by atoms with Crippen LogP contribution in [0.4, 0.5) is 0 Å². The molecule has 0 spiro atoms. The van der Waals surface area contributed by atoms with Gasteiger partial charge in [-0.05, 0) is 7.05 Å². The number of nitrogens with one attached hydrogen (secondary N) is 1. The number of hydrogen-bond donors (Lipinski definition) is 1. The number of carbonyl (C=O) groups excluding carboxylic acids is 2. The highest BCUT2D eigenvalue weighted by Gasteiger charge is 2.22. The Morgan fingerprint density at radius 2 is 1.80 bits per heavy atom. The normalized spacial score (nSPS) is 15.2. The van der Waals surface area contributed by atoms with Gasteiger partial charge in [-0.25, -0.2) is 0 Å². The summed E-state index contributed by atoms with van der Waals surface area (Å²) in [5.41, 5.74) is 0. The third-order valence-corrected chi connectivity index (χ3v) is 3.25. The molecule has 0 aromatic heterocycles. The van der Waals surface area contributed by atoms with E-state index in [1.165, 1.54) is 20.5 Å². The van der Waals surface area contributed by atoms with Crippen molar-refractivity contribution < 1.29 is 32.7 Å². The molecule has 2 atom stereocenters. The van der Waals surface area contributed by atoms with Gasteiger partial charge < -0.3 is 23.8 Å². The van der Waals surface area contributed by atoms with E-state index in [4.69, 9.17) is 18.5 Å². The fourth-order valence-corrected chi connectivity index (χ4v) is 2.07. The van der Waals surface area contributed by atoms with Gasteiger partial charge in [0.1, 0.15) is 6.61 Å². The van der Waals surface area contributed by atoms with Crippen molar-refractivity contribution in [2.45, 2.75) is 20.0 Å². The predicted octanol–water partition coefficient (Wildman–Crippen LogP) is 0.557. The zero-order valence-electron chi connectivity index (χ0n) is 12.2. The van der Waals surface area contributed by atoms with Crippen LogP contribution in [0.1, 0.15) is 13.8 Å². The standard InChI is InChI=1S/C11H22NO7P/c1-9(13)16-7-11(19-10(2)14)8-18-20(4,15)17-6-5-12-3/h11-12H,5-8H2,1-4H3. The van der Waals surface area contributed by atoms with E-state index in [0.29, 0.717) is 6.54 Å². The molecule has 0 aliphatic carbocycles. The summed E-state index contributed by atoms with van der Waals surface area (Å²) >= 11 is 0. The van der Waals surface area contributed by atoms with Crippen molar-refractivity contribution >= 4 is 19.5 Å². The first kappa shape index (κ1) is 19.1. The van der Waals surface area contributed by atoms with Crippen LogP contribution in [0.15, 0.2) is 0 Å². The Balaban J connectivity index is 4.24. The number of likely N-dealkylation sites (N-methyl/N-ethyl adjacent to an activating group) is 1. The second kappa shape index (κ2) is 9.88. The van der Waals surface area contributed by atoms with Crippen LogP contribution in [0.2, 0.25) is 0 Å². The second-order valence-corrected chi connectivity index (χ2v) is 6.10.